The fraction of sp³-hybridized carbons (Fsp3) is 0.923. The van der Waals surface area contributed by atoms with Gasteiger partial charge in [-0.05, 0) is 43.2 Å². The van der Waals surface area contributed by atoms with Gasteiger partial charge in [-0.25, -0.2) is 0 Å². The highest BCUT2D eigenvalue weighted by molar-refractivity contribution is 7.99. The molecule has 98 valence electrons. The fourth-order valence-corrected chi connectivity index (χ4v) is 4.20. The lowest BCUT2D eigenvalue weighted by molar-refractivity contribution is -0.130. The summed E-state index contributed by atoms with van der Waals surface area (Å²) in [4.78, 5) is 12.4. The Morgan fingerprint density at radius 2 is 2.47 bits per heavy atom. The smallest absolute Gasteiger partial charge is 0.227 e. The van der Waals surface area contributed by atoms with Gasteiger partial charge in [0.25, 0.3) is 0 Å². The van der Waals surface area contributed by atoms with Crippen LogP contribution in [0.1, 0.15) is 32.6 Å². The van der Waals surface area contributed by atoms with Crippen LogP contribution in [0.2, 0.25) is 0 Å². The van der Waals surface area contributed by atoms with E-state index < -0.39 is 0 Å². The molecule has 3 nitrogen and oxygen atoms in total. The summed E-state index contributed by atoms with van der Waals surface area (Å²) in [5.41, 5.74) is -0.111. The number of nitrogens with one attached hydrogen (secondary N) is 2. The van der Waals surface area contributed by atoms with Crippen molar-refractivity contribution in [2.45, 2.75) is 32.6 Å². The van der Waals surface area contributed by atoms with Gasteiger partial charge in [-0.2, -0.15) is 11.8 Å². The number of amides is 1. The Labute approximate surface area is 108 Å². The number of hydrogen-bond donors (Lipinski definition) is 2. The van der Waals surface area contributed by atoms with Gasteiger partial charge in [0, 0.05) is 13.1 Å². The zero-order valence-corrected chi connectivity index (χ0v) is 11.6. The van der Waals surface area contributed by atoms with Crippen molar-refractivity contribution in [3.05, 3.63) is 0 Å². The summed E-state index contributed by atoms with van der Waals surface area (Å²) in [6.07, 6.45) is 4.38. The molecular formula is C13H24N2OS. The maximum atomic E-state index is 12.4. The van der Waals surface area contributed by atoms with Gasteiger partial charge in [0.15, 0.2) is 0 Å². The first-order valence-electron chi connectivity index (χ1n) is 6.83. The Morgan fingerprint density at radius 1 is 1.59 bits per heavy atom. The molecule has 0 aromatic heterocycles. The molecule has 2 heterocycles. The quantitative estimate of drug-likeness (QED) is 0.785. The van der Waals surface area contributed by atoms with E-state index in [2.05, 4.69) is 17.6 Å². The third-order valence-corrected chi connectivity index (χ3v) is 5.26. The number of thioether (sulfide) groups is 1. The first-order valence-corrected chi connectivity index (χ1v) is 7.99. The molecule has 0 saturated carbocycles. The molecule has 0 aromatic carbocycles. The van der Waals surface area contributed by atoms with Crippen LogP contribution in [-0.4, -0.2) is 37.0 Å². The Kier molecular flexibility index (Phi) is 4.74. The predicted molar refractivity (Wildman–Crippen MR) is 73.3 cm³/mol. The highest BCUT2D eigenvalue weighted by atomic mass is 32.2. The second-order valence-electron chi connectivity index (χ2n) is 5.40. The van der Waals surface area contributed by atoms with Gasteiger partial charge in [0.2, 0.25) is 5.91 Å². The van der Waals surface area contributed by atoms with E-state index in [1.54, 1.807) is 0 Å². The molecule has 2 saturated heterocycles. The first kappa shape index (κ1) is 13.2. The van der Waals surface area contributed by atoms with Crippen LogP contribution in [0, 0.1) is 11.3 Å². The molecular weight excluding hydrogens is 232 g/mol. The maximum Gasteiger partial charge on any atom is 0.227 e. The molecule has 2 aliphatic rings. The standard InChI is InChI=1S/C13H24N2OS/c1-2-4-13(5-6-14-10-13)12(16)15-8-11-3-7-17-9-11/h11,14H,2-10H2,1H3,(H,15,16). The maximum absolute atomic E-state index is 12.4. The van der Waals surface area contributed by atoms with E-state index in [9.17, 15) is 4.79 Å². The minimum absolute atomic E-state index is 0.111. The highest BCUT2D eigenvalue weighted by Gasteiger charge is 2.40. The second kappa shape index (κ2) is 6.10. The van der Waals surface area contributed by atoms with Gasteiger partial charge in [0.05, 0.1) is 5.41 Å². The van der Waals surface area contributed by atoms with Crippen molar-refractivity contribution in [3.8, 4) is 0 Å². The monoisotopic (exact) mass is 256 g/mol. The molecule has 4 heteroatoms. The van der Waals surface area contributed by atoms with Crippen molar-refractivity contribution >= 4 is 17.7 Å². The number of carbonyl (C=O) groups is 1. The predicted octanol–water partition coefficient (Wildman–Crippen LogP) is 1.64. The largest absolute Gasteiger partial charge is 0.355 e. The minimum Gasteiger partial charge on any atom is -0.355 e. The Bertz CT molecular complexity index is 258. The third-order valence-electron chi connectivity index (χ3n) is 4.03. The molecule has 2 rings (SSSR count). The lowest BCUT2D eigenvalue weighted by atomic mass is 9.81. The highest BCUT2D eigenvalue weighted by Crippen LogP contribution is 2.31. The molecule has 1 amide bonds. The summed E-state index contributed by atoms with van der Waals surface area (Å²) >= 11 is 2.01. The van der Waals surface area contributed by atoms with Gasteiger partial charge >= 0.3 is 0 Å². The molecule has 2 fully saturated rings. The zero-order valence-electron chi connectivity index (χ0n) is 10.8. The Hall–Kier alpha value is -0.220. The van der Waals surface area contributed by atoms with Gasteiger partial charge in [-0.1, -0.05) is 13.3 Å². The van der Waals surface area contributed by atoms with Crippen LogP contribution in [0.4, 0.5) is 0 Å². The average molecular weight is 256 g/mol. The summed E-state index contributed by atoms with van der Waals surface area (Å²) in [5, 5.41) is 6.54. The van der Waals surface area contributed by atoms with E-state index in [1.807, 2.05) is 11.8 Å². The van der Waals surface area contributed by atoms with E-state index >= 15 is 0 Å². The molecule has 0 spiro atoms. The van der Waals surface area contributed by atoms with Crippen LogP contribution < -0.4 is 10.6 Å². The van der Waals surface area contributed by atoms with Gasteiger partial charge < -0.3 is 10.6 Å². The summed E-state index contributed by atoms with van der Waals surface area (Å²) in [5.74, 6) is 3.49. The van der Waals surface area contributed by atoms with Crippen molar-refractivity contribution in [2.24, 2.45) is 11.3 Å². The SMILES string of the molecule is CCCC1(C(=O)NCC2CCSC2)CCNC1. The number of carbonyl (C=O) groups excluding carboxylic acids is 1. The van der Waals surface area contributed by atoms with Crippen LogP contribution in [0.5, 0.6) is 0 Å². The van der Waals surface area contributed by atoms with Crippen molar-refractivity contribution in [3.63, 3.8) is 0 Å². The molecule has 0 radical (unpaired) electrons. The van der Waals surface area contributed by atoms with Crippen molar-refractivity contribution in [1.82, 2.24) is 10.6 Å². The van der Waals surface area contributed by atoms with Crippen LogP contribution in [-0.2, 0) is 4.79 Å². The van der Waals surface area contributed by atoms with Crippen LogP contribution in [0.15, 0.2) is 0 Å². The summed E-state index contributed by atoms with van der Waals surface area (Å²) in [7, 11) is 0. The van der Waals surface area contributed by atoms with E-state index in [4.69, 9.17) is 0 Å². The van der Waals surface area contributed by atoms with Crippen molar-refractivity contribution in [1.29, 1.82) is 0 Å². The van der Waals surface area contributed by atoms with Crippen molar-refractivity contribution in [2.75, 3.05) is 31.1 Å². The number of hydrogen-bond acceptors (Lipinski definition) is 3. The van der Waals surface area contributed by atoms with Gasteiger partial charge in [-0.3, -0.25) is 4.79 Å². The topological polar surface area (TPSA) is 41.1 Å². The summed E-state index contributed by atoms with van der Waals surface area (Å²) in [6, 6.07) is 0. The number of rotatable bonds is 5. The van der Waals surface area contributed by atoms with E-state index in [0.29, 0.717) is 11.8 Å². The van der Waals surface area contributed by atoms with Crippen molar-refractivity contribution < 1.29 is 4.79 Å². The van der Waals surface area contributed by atoms with Gasteiger partial charge in [-0.15, -0.1) is 0 Å². The molecule has 0 bridgehead atoms. The lowest BCUT2D eigenvalue weighted by Gasteiger charge is -2.27. The summed E-state index contributed by atoms with van der Waals surface area (Å²) < 4.78 is 0. The minimum atomic E-state index is -0.111. The zero-order chi connectivity index (χ0) is 12.1. The average Bonchev–Trinajstić information content (AvgIpc) is 2.97. The fourth-order valence-electron chi connectivity index (χ4n) is 2.91. The second-order valence-corrected chi connectivity index (χ2v) is 6.55. The molecule has 2 atom stereocenters. The Balaban J connectivity index is 1.83. The van der Waals surface area contributed by atoms with Gasteiger partial charge in [0.1, 0.15) is 0 Å². The van der Waals surface area contributed by atoms with Crippen LogP contribution in [0.3, 0.4) is 0 Å². The Morgan fingerprint density at radius 3 is 3.06 bits per heavy atom. The molecule has 2 unspecified atom stereocenters. The lowest BCUT2D eigenvalue weighted by Crippen LogP contribution is -2.44. The van der Waals surface area contributed by atoms with Crippen LogP contribution >= 0.6 is 11.8 Å². The summed E-state index contributed by atoms with van der Waals surface area (Å²) in [6.45, 7) is 4.91. The first-order chi connectivity index (χ1) is 8.27. The van der Waals surface area contributed by atoms with E-state index in [-0.39, 0.29) is 5.41 Å². The third kappa shape index (κ3) is 3.16. The van der Waals surface area contributed by atoms with E-state index in [0.717, 1.165) is 38.9 Å². The molecule has 0 aliphatic carbocycles. The normalized spacial score (nSPS) is 32.9. The van der Waals surface area contributed by atoms with Crippen LogP contribution in [0.25, 0.3) is 0 Å². The molecule has 2 N–H and O–H groups in total. The molecule has 2 aliphatic heterocycles. The molecule has 17 heavy (non-hydrogen) atoms. The molecule has 0 aromatic rings. The van der Waals surface area contributed by atoms with E-state index in [1.165, 1.54) is 17.9 Å².